The molecule has 3 N–H and O–H groups in total. The van der Waals surface area contributed by atoms with Crippen molar-refractivity contribution in [3.8, 4) is 11.3 Å². The van der Waals surface area contributed by atoms with Crippen molar-refractivity contribution in [3.63, 3.8) is 0 Å². The molecule has 1 amide bonds. The fourth-order valence-electron chi connectivity index (χ4n) is 1.68. The van der Waals surface area contributed by atoms with E-state index in [2.05, 4.69) is 10.3 Å². The SMILES string of the molecule is CC(C)[C@H](N)C(=O)Nc1nc(-c2c(F)cccc2F)cs1. The van der Waals surface area contributed by atoms with Crippen LogP contribution in [0.1, 0.15) is 13.8 Å². The molecular formula is C14H15F2N3OS. The molecule has 1 atom stereocenters. The summed E-state index contributed by atoms with van der Waals surface area (Å²) in [6, 6.07) is 2.93. The highest BCUT2D eigenvalue weighted by molar-refractivity contribution is 7.14. The van der Waals surface area contributed by atoms with E-state index in [-0.39, 0.29) is 28.2 Å². The minimum absolute atomic E-state index is 0.0200. The summed E-state index contributed by atoms with van der Waals surface area (Å²) in [6.07, 6.45) is 0. The summed E-state index contributed by atoms with van der Waals surface area (Å²) >= 11 is 1.09. The van der Waals surface area contributed by atoms with Crippen LogP contribution < -0.4 is 11.1 Å². The number of benzene rings is 1. The molecule has 0 unspecified atom stereocenters. The molecule has 1 aromatic heterocycles. The van der Waals surface area contributed by atoms with Gasteiger partial charge in [0.1, 0.15) is 11.6 Å². The van der Waals surface area contributed by atoms with E-state index < -0.39 is 17.7 Å². The first-order valence-electron chi connectivity index (χ1n) is 6.36. The van der Waals surface area contributed by atoms with Crippen LogP contribution in [0.25, 0.3) is 11.3 Å². The fourth-order valence-corrected chi connectivity index (χ4v) is 2.38. The average Bonchev–Trinajstić information content (AvgIpc) is 2.85. The second-order valence-corrected chi connectivity index (χ2v) is 5.75. The number of aromatic nitrogens is 1. The van der Waals surface area contributed by atoms with Crippen molar-refractivity contribution in [2.24, 2.45) is 11.7 Å². The number of nitrogens with two attached hydrogens (primary N) is 1. The third-order valence-electron chi connectivity index (χ3n) is 2.97. The normalized spacial score (nSPS) is 12.5. The van der Waals surface area contributed by atoms with Gasteiger partial charge >= 0.3 is 0 Å². The van der Waals surface area contributed by atoms with Gasteiger partial charge in [-0.05, 0) is 18.1 Å². The topological polar surface area (TPSA) is 68.0 Å². The van der Waals surface area contributed by atoms with Crippen molar-refractivity contribution in [3.05, 3.63) is 35.2 Å². The van der Waals surface area contributed by atoms with E-state index in [0.717, 1.165) is 23.5 Å². The summed E-state index contributed by atoms with van der Waals surface area (Å²) in [5.41, 5.74) is 5.66. The van der Waals surface area contributed by atoms with Crippen LogP contribution in [-0.4, -0.2) is 16.9 Å². The lowest BCUT2D eigenvalue weighted by molar-refractivity contribution is -0.118. The molecule has 0 bridgehead atoms. The molecule has 112 valence electrons. The highest BCUT2D eigenvalue weighted by Crippen LogP contribution is 2.29. The van der Waals surface area contributed by atoms with E-state index in [9.17, 15) is 13.6 Å². The van der Waals surface area contributed by atoms with Crippen molar-refractivity contribution in [1.82, 2.24) is 4.98 Å². The van der Waals surface area contributed by atoms with Crippen LogP contribution in [0.4, 0.5) is 13.9 Å². The molecule has 1 heterocycles. The maximum Gasteiger partial charge on any atom is 0.243 e. The lowest BCUT2D eigenvalue weighted by Crippen LogP contribution is -2.39. The molecular weight excluding hydrogens is 296 g/mol. The van der Waals surface area contributed by atoms with Gasteiger partial charge in [-0.25, -0.2) is 13.8 Å². The van der Waals surface area contributed by atoms with E-state index in [1.54, 1.807) is 0 Å². The Balaban J connectivity index is 2.21. The van der Waals surface area contributed by atoms with Gasteiger partial charge in [-0.1, -0.05) is 19.9 Å². The van der Waals surface area contributed by atoms with Crippen molar-refractivity contribution >= 4 is 22.4 Å². The van der Waals surface area contributed by atoms with Gasteiger partial charge in [0, 0.05) is 5.38 Å². The van der Waals surface area contributed by atoms with Crippen LogP contribution in [0.2, 0.25) is 0 Å². The highest BCUT2D eigenvalue weighted by Gasteiger charge is 2.19. The zero-order chi connectivity index (χ0) is 15.6. The van der Waals surface area contributed by atoms with E-state index >= 15 is 0 Å². The Morgan fingerprint density at radius 2 is 1.95 bits per heavy atom. The van der Waals surface area contributed by atoms with Gasteiger partial charge in [-0.15, -0.1) is 11.3 Å². The molecule has 0 aliphatic carbocycles. The van der Waals surface area contributed by atoms with Gasteiger partial charge in [0.15, 0.2) is 5.13 Å². The van der Waals surface area contributed by atoms with Gasteiger partial charge in [-0.3, -0.25) is 4.79 Å². The first-order chi connectivity index (χ1) is 9.90. The molecule has 7 heteroatoms. The number of hydrogen-bond donors (Lipinski definition) is 2. The van der Waals surface area contributed by atoms with Crippen LogP contribution in [0.5, 0.6) is 0 Å². The maximum atomic E-state index is 13.7. The predicted octanol–water partition coefficient (Wildman–Crippen LogP) is 3.01. The standard InChI is InChI=1S/C14H15F2N3OS/c1-7(2)12(17)13(20)19-14-18-10(6-21-14)11-8(15)4-3-5-9(11)16/h3-7,12H,17H2,1-2H3,(H,18,19,20)/t12-/m0/s1. The van der Waals surface area contributed by atoms with E-state index in [4.69, 9.17) is 5.73 Å². The lowest BCUT2D eigenvalue weighted by atomic mass is 10.1. The molecule has 0 radical (unpaired) electrons. The number of hydrogen-bond acceptors (Lipinski definition) is 4. The second-order valence-electron chi connectivity index (χ2n) is 4.89. The molecule has 2 aromatic rings. The summed E-state index contributed by atoms with van der Waals surface area (Å²) in [4.78, 5) is 15.9. The van der Waals surface area contributed by atoms with Crippen molar-refractivity contribution in [1.29, 1.82) is 0 Å². The Bertz CT molecular complexity index is 637. The fraction of sp³-hybridized carbons (Fsp3) is 0.286. The summed E-state index contributed by atoms with van der Waals surface area (Å²) in [7, 11) is 0. The first kappa shape index (κ1) is 15.5. The van der Waals surface area contributed by atoms with Crippen LogP contribution in [-0.2, 0) is 4.79 Å². The monoisotopic (exact) mass is 311 g/mol. The van der Waals surface area contributed by atoms with Crippen molar-refractivity contribution < 1.29 is 13.6 Å². The number of anilines is 1. The molecule has 0 saturated heterocycles. The zero-order valence-corrected chi connectivity index (χ0v) is 12.4. The smallest absolute Gasteiger partial charge is 0.243 e. The van der Waals surface area contributed by atoms with Crippen molar-refractivity contribution in [2.75, 3.05) is 5.32 Å². The Hall–Kier alpha value is -1.86. The Morgan fingerprint density at radius 1 is 1.33 bits per heavy atom. The van der Waals surface area contributed by atoms with Crippen LogP contribution in [0.3, 0.4) is 0 Å². The molecule has 0 saturated carbocycles. The Kier molecular flexibility index (Phi) is 4.64. The molecule has 4 nitrogen and oxygen atoms in total. The number of rotatable bonds is 4. The first-order valence-corrected chi connectivity index (χ1v) is 7.24. The Morgan fingerprint density at radius 3 is 2.52 bits per heavy atom. The lowest BCUT2D eigenvalue weighted by Gasteiger charge is -2.13. The minimum atomic E-state index is -0.697. The van der Waals surface area contributed by atoms with E-state index in [0.29, 0.717) is 0 Å². The number of halogens is 2. The van der Waals surface area contributed by atoms with Gasteiger partial charge in [0.2, 0.25) is 5.91 Å². The minimum Gasteiger partial charge on any atom is -0.320 e. The third kappa shape index (κ3) is 3.43. The predicted molar refractivity (Wildman–Crippen MR) is 78.9 cm³/mol. The number of nitrogens with one attached hydrogen (secondary N) is 1. The molecule has 0 spiro atoms. The molecule has 2 rings (SSSR count). The second kappa shape index (κ2) is 6.28. The van der Waals surface area contributed by atoms with E-state index in [1.807, 2.05) is 13.8 Å². The van der Waals surface area contributed by atoms with Crippen LogP contribution in [0, 0.1) is 17.6 Å². The van der Waals surface area contributed by atoms with Gasteiger partial charge in [0.25, 0.3) is 0 Å². The third-order valence-corrected chi connectivity index (χ3v) is 3.73. The number of amides is 1. The van der Waals surface area contributed by atoms with Gasteiger partial charge < -0.3 is 11.1 Å². The van der Waals surface area contributed by atoms with Crippen LogP contribution in [0.15, 0.2) is 23.6 Å². The number of carbonyl (C=O) groups is 1. The quantitative estimate of drug-likeness (QED) is 0.912. The highest BCUT2D eigenvalue weighted by atomic mass is 32.1. The van der Waals surface area contributed by atoms with Gasteiger partial charge in [-0.2, -0.15) is 0 Å². The largest absolute Gasteiger partial charge is 0.320 e. The average molecular weight is 311 g/mol. The number of nitrogens with zero attached hydrogens (tertiary/aromatic N) is 1. The number of carbonyl (C=O) groups excluding carboxylic acids is 1. The molecule has 0 fully saturated rings. The Labute approximate surface area is 125 Å². The van der Waals surface area contributed by atoms with Crippen molar-refractivity contribution in [2.45, 2.75) is 19.9 Å². The number of thiazole rings is 1. The van der Waals surface area contributed by atoms with E-state index in [1.165, 1.54) is 11.4 Å². The summed E-state index contributed by atoms with van der Waals surface area (Å²) in [5.74, 6) is -1.79. The molecule has 21 heavy (non-hydrogen) atoms. The molecule has 0 aliphatic heterocycles. The molecule has 1 aromatic carbocycles. The van der Waals surface area contributed by atoms with Crippen LogP contribution >= 0.6 is 11.3 Å². The van der Waals surface area contributed by atoms with Gasteiger partial charge in [0.05, 0.1) is 17.3 Å². The summed E-state index contributed by atoms with van der Waals surface area (Å²) in [6.45, 7) is 3.65. The maximum absolute atomic E-state index is 13.7. The molecule has 0 aliphatic rings. The zero-order valence-electron chi connectivity index (χ0n) is 11.6. The summed E-state index contributed by atoms with van der Waals surface area (Å²) in [5, 5.41) is 4.29. The summed E-state index contributed by atoms with van der Waals surface area (Å²) < 4.78 is 27.3.